The summed E-state index contributed by atoms with van der Waals surface area (Å²) < 4.78 is 52.1. The standard InChI is InChI=1S/C19H19ClF4N2/c1-4-26(3)11-25-15-7-12(2)18(20)14(10-15)8-13-5-6-17(21)16(9-13)19(22,23)24/h5-7,9-11H,4,8H2,1-3H3. The molecule has 0 spiro atoms. The first-order valence-electron chi connectivity index (χ1n) is 8.01. The van der Waals surface area contributed by atoms with Crippen molar-refractivity contribution in [1.29, 1.82) is 0 Å². The summed E-state index contributed by atoms with van der Waals surface area (Å²) in [5.74, 6) is -1.29. The molecular formula is C19H19ClF4N2. The van der Waals surface area contributed by atoms with Gasteiger partial charge in [-0.2, -0.15) is 13.2 Å². The largest absolute Gasteiger partial charge is 0.419 e. The average Bonchev–Trinajstić information content (AvgIpc) is 2.57. The van der Waals surface area contributed by atoms with E-state index in [0.29, 0.717) is 21.8 Å². The third-order valence-electron chi connectivity index (χ3n) is 3.95. The van der Waals surface area contributed by atoms with Crippen LogP contribution in [0.3, 0.4) is 0 Å². The van der Waals surface area contributed by atoms with Gasteiger partial charge in [0, 0.05) is 18.6 Å². The summed E-state index contributed by atoms with van der Waals surface area (Å²) in [6.07, 6.45) is -2.92. The number of rotatable bonds is 5. The zero-order valence-corrected chi connectivity index (χ0v) is 15.4. The van der Waals surface area contributed by atoms with Crippen LogP contribution in [0, 0.1) is 12.7 Å². The van der Waals surface area contributed by atoms with Gasteiger partial charge in [0.1, 0.15) is 5.82 Å². The molecule has 140 valence electrons. The summed E-state index contributed by atoms with van der Waals surface area (Å²) in [4.78, 5) is 6.24. The molecule has 2 aromatic carbocycles. The third kappa shape index (κ3) is 4.97. The van der Waals surface area contributed by atoms with Crippen molar-refractivity contribution in [3.63, 3.8) is 0 Å². The van der Waals surface area contributed by atoms with E-state index in [-0.39, 0.29) is 6.42 Å². The highest BCUT2D eigenvalue weighted by Crippen LogP contribution is 2.33. The monoisotopic (exact) mass is 386 g/mol. The Balaban J connectivity index is 2.37. The molecule has 0 fully saturated rings. The van der Waals surface area contributed by atoms with Crippen LogP contribution in [0.25, 0.3) is 0 Å². The van der Waals surface area contributed by atoms with Crippen molar-refractivity contribution in [2.75, 3.05) is 13.6 Å². The van der Waals surface area contributed by atoms with Crippen LogP contribution in [0.15, 0.2) is 35.3 Å². The lowest BCUT2D eigenvalue weighted by Gasteiger charge is -2.13. The van der Waals surface area contributed by atoms with Gasteiger partial charge in [0.15, 0.2) is 0 Å². The molecule has 0 heterocycles. The number of nitrogens with zero attached hydrogens (tertiary/aromatic N) is 2. The van der Waals surface area contributed by atoms with Crippen LogP contribution in [0.4, 0.5) is 23.2 Å². The van der Waals surface area contributed by atoms with E-state index < -0.39 is 17.6 Å². The highest BCUT2D eigenvalue weighted by molar-refractivity contribution is 6.32. The van der Waals surface area contributed by atoms with Crippen LogP contribution >= 0.6 is 11.6 Å². The molecule has 0 amide bonds. The first-order chi connectivity index (χ1) is 12.1. The van der Waals surface area contributed by atoms with Crippen LogP contribution in [0.2, 0.25) is 5.02 Å². The number of halogens is 5. The quantitative estimate of drug-likeness (QED) is 0.349. The molecule has 26 heavy (non-hydrogen) atoms. The van der Waals surface area contributed by atoms with E-state index in [1.807, 2.05) is 18.9 Å². The molecule has 0 unspecified atom stereocenters. The number of hydrogen-bond donors (Lipinski definition) is 0. The molecule has 0 saturated carbocycles. The molecule has 0 aliphatic heterocycles. The normalized spacial score (nSPS) is 12.0. The Morgan fingerprint density at radius 1 is 1.19 bits per heavy atom. The second-order valence-corrected chi connectivity index (χ2v) is 6.42. The summed E-state index contributed by atoms with van der Waals surface area (Å²) in [5.41, 5.74) is 1.11. The van der Waals surface area contributed by atoms with E-state index in [9.17, 15) is 17.6 Å². The molecule has 0 aromatic heterocycles. The van der Waals surface area contributed by atoms with Crippen molar-refractivity contribution in [3.05, 3.63) is 63.4 Å². The molecule has 0 bridgehead atoms. The van der Waals surface area contributed by atoms with E-state index in [2.05, 4.69) is 4.99 Å². The van der Waals surface area contributed by atoms with E-state index in [0.717, 1.165) is 24.2 Å². The third-order valence-corrected chi connectivity index (χ3v) is 4.49. The Bertz CT molecular complexity index is 816. The first kappa shape index (κ1) is 20.2. The highest BCUT2D eigenvalue weighted by Gasteiger charge is 2.34. The number of aryl methyl sites for hydroxylation is 1. The van der Waals surface area contributed by atoms with Gasteiger partial charge in [-0.05, 0) is 61.2 Å². The van der Waals surface area contributed by atoms with Crippen molar-refractivity contribution in [2.24, 2.45) is 4.99 Å². The van der Waals surface area contributed by atoms with Crippen LogP contribution in [0.1, 0.15) is 29.2 Å². The summed E-state index contributed by atoms with van der Waals surface area (Å²) in [6, 6.07) is 6.51. The van der Waals surface area contributed by atoms with Gasteiger partial charge in [0.05, 0.1) is 17.6 Å². The lowest BCUT2D eigenvalue weighted by molar-refractivity contribution is -0.140. The van der Waals surface area contributed by atoms with Gasteiger partial charge in [-0.15, -0.1) is 0 Å². The molecule has 7 heteroatoms. The van der Waals surface area contributed by atoms with Crippen molar-refractivity contribution < 1.29 is 17.6 Å². The molecular weight excluding hydrogens is 368 g/mol. The van der Waals surface area contributed by atoms with Gasteiger partial charge < -0.3 is 4.90 Å². The zero-order valence-electron chi connectivity index (χ0n) is 14.7. The fourth-order valence-electron chi connectivity index (χ4n) is 2.39. The average molecular weight is 387 g/mol. The minimum atomic E-state index is -4.74. The second kappa shape index (κ2) is 8.08. The van der Waals surface area contributed by atoms with Gasteiger partial charge in [0.25, 0.3) is 0 Å². The van der Waals surface area contributed by atoms with Gasteiger partial charge in [0.2, 0.25) is 0 Å². The lowest BCUT2D eigenvalue weighted by atomic mass is 10.00. The maximum atomic E-state index is 13.5. The van der Waals surface area contributed by atoms with Gasteiger partial charge in [-0.3, -0.25) is 0 Å². The molecule has 0 atom stereocenters. The predicted octanol–water partition coefficient (Wildman–Crippen LogP) is 6.01. The fraction of sp³-hybridized carbons (Fsp3) is 0.316. The molecule has 0 aliphatic carbocycles. The fourth-order valence-corrected chi connectivity index (χ4v) is 2.57. The number of aliphatic imine (C=N–C) groups is 1. The van der Waals surface area contributed by atoms with E-state index >= 15 is 0 Å². The molecule has 0 N–H and O–H groups in total. The SMILES string of the molecule is CCN(C)C=Nc1cc(C)c(Cl)c(Cc2ccc(F)c(C(F)(F)F)c2)c1. The van der Waals surface area contributed by atoms with E-state index in [1.54, 1.807) is 25.4 Å². The molecule has 0 saturated heterocycles. The van der Waals surface area contributed by atoms with Gasteiger partial charge in [-0.1, -0.05) is 17.7 Å². The summed E-state index contributed by atoms with van der Waals surface area (Å²) in [7, 11) is 1.88. The Hall–Kier alpha value is -2.08. The number of hydrogen-bond acceptors (Lipinski definition) is 1. The molecule has 0 aliphatic rings. The summed E-state index contributed by atoms with van der Waals surface area (Å²) in [5, 5.41) is 0.464. The molecule has 2 nitrogen and oxygen atoms in total. The van der Waals surface area contributed by atoms with Crippen molar-refractivity contribution in [1.82, 2.24) is 4.90 Å². The van der Waals surface area contributed by atoms with E-state index in [1.165, 1.54) is 6.07 Å². The van der Waals surface area contributed by atoms with Crippen LogP contribution in [-0.2, 0) is 12.6 Å². The Kier molecular flexibility index (Phi) is 6.29. The van der Waals surface area contributed by atoms with Crippen molar-refractivity contribution >= 4 is 23.6 Å². The minimum absolute atomic E-state index is 0.149. The van der Waals surface area contributed by atoms with Gasteiger partial charge >= 0.3 is 6.18 Å². The van der Waals surface area contributed by atoms with E-state index in [4.69, 9.17) is 11.6 Å². The first-order valence-corrected chi connectivity index (χ1v) is 8.38. The molecule has 2 aromatic rings. The lowest BCUT2D eigenvalue weighted by Crippen LogP contribution is -2.14. The smallest absolute Gasteiger partial charge is 0.366 e. The minimum Gasteiger partial charge on any atom is -0.366 e. The summed E-state index contributed by atoms with van der Waals surface area (Å²) >= 11 is 6.31. The van der Waals surface area contributed by atoms with Crippen molar-refractivity contribution in [3.8, 4) is 0 Å². The topological polar surface area (TPSA) is 15.6 Å². The Labute approximate surface area is 155 Å². The van der Waals surface area contributed by atoms with Crippen molar-refractivity contribution in [2.45, 2.75) is 26.4 Å². The zero-order chi connectivity index (χ0) is 19.5. The Morgan fingerprint density at radius 3 is 2.50 bits per heavy atom. The molecule has 0 radical (unpaired) electrons. The highest BCUT2D eigenvalue weighted by atomic mass is 35.5. The number of alkyl halides is 3. The second-order valence-electron chi connectivity index (χ2n) is 6.04. The van der Waals surface area contributed by atoms with Gasteiger partial charge in [-0.25, -0.2) is 9.38 Å². The number of benzene rings is 2. The predicted molar refractivity (Wildman–Crippen MR) is 96.9 cm³/mol. The maximum absolute atomic E-state index is 13.5. The Morgan fingerprint density at radius 2 is 1.88 bits per heavy atom. The van der Waals surface area contributed by atoms with Crippen LogP contribution in [-0.4, -0.2) is 24.8 Å². The molecule has 2 rings (SSSR count). The maximum Gasteiger partial charge on any atom is 0.419 e. The summed E-state index contributed by atoms with van der Waals surface area (Å²) in [6.45, 7) is 4.58. The van der Waals surface area contributed by atoms with Crippen LogP contribution < -0.4 is 0 Å². The van der Waals surface area contributed by atoms with Crippen LogP contribution in [0.5, 0.6) is 0 Å².